The van der Waals surface area contributed by atoms with E-state index in [4.69, 9.17) is 15.2 Å². The van der Waals surface area contributed by atoms with Crippen LogP contribution >= 0.6 is 0 Å². The highest BCUT2D eigenvalue weighted by Crippen LogP contribution is 1.91. The van der Waals surface area contributed by atoms with E-state index in [2.05, 4.69) is 4.99 Å². The first-order valence-electron chi connectivity index (χ1n) is 5.21. The maximum absolute atomic E-state index is 10.6. The molecule has 0 fully saturated rings. The third-order valence-electron chi connectivity index (χ3n) is 1.89. The quantitative estimate of drug-likeness (QED) is 0.380. The summed E-state index contributed by atoms with van der Waals surface area (Å²) in [6.45, 7) is 3.91. The Morgan fingerprint density at radius 2 is 1.53 bits per heavy atom. The summed E-state index contributed by atoms with van der Waals surface area (Å²) in [6.07, 6.45) is 0. The molecule has 0 aliphatic heterocycles. The number of rotatable bonds is 6. The second-order valence-electron chi connectivity index (χ2n) is 3.25. The average Bonchev–Trinajstić information content (AvgIpc) is 2.25. The number of hydrogen-bond acceptors (Lipinski definition) is 5. The number of nitrogens with two attached hydrogens (primary N) is 1. The van der Waals surface area contributed by atoms with Gasteiger partial charge in [0.15, 0.2) is 5.96 Å². The smallest absolute Gasteiger partial charge is 0.302 e. The molecule has 0 aromatic carbocycles. The highest BCUT2D eigenvalue weighted by atomic mass is 16.5. The van der Waals surface area contributed by atoms with Gasteiger partial charge in [-0.2, -0.15) is 0 Å². The van der Waals surface area contributed by atoms with E-state index in [9.17, 15) is 9.59 Å². The van der Waals surface area contributed by atoms with Crippen LogP contribution in [0.25, 0.3) is 0 Å². The van der Waals surface area contributed by atoms with Crippen molar-refractivity contribution in [2.45, 2.75) is 13.8 Å². The van der Waals surface area contributed by atoms with Crippen molar-refractivity contribution in [3.63, 3.8) is 0 Å². The Labute approximate surface area is 101 Å². The molecule has 0 aliphatic carbocycles. The molecule has 0 aromatic rings. The van der Waals surface area contributed by atoms with Gasteiger partial charge in [-0.15, -0.1) is 0 Å². The number of carbonyl (C=O) groups is 2. The number of carbonyl (C=O) groups excluding carboxylic acids is 2. The molecule has 0 radical (unpaired) electrons. The lowest BCUT2D eigenvalue weighted by atomic mass is 10.5. The maximum atomic E-state index is 10.6. The van der Waals surface area contributed by atoms with E-state index in [1.807, 2.05) is 0 Å². The second kappa shape index (κ2) is 8.37. The lowest BCUT2D eigenvalue weighted by molar-refractivity contribution is -0.141. The average molecular weight is 245 g/mol. The highest BCUT2D eigenvalue weighted by molar-refractivity contribution is 5.78. The Balaban J connectivity index is 4.06. The van der Waals surface area contributed by atoms with Gasteiger partial charge in [0.2, 0.25) is 0 Å². The molecule has 0 aromatic heterocycles. The zero-order valence-corrected chi connectivity index (χ0v) is 10.4. The molecule has 2 N–H and O–H groups in total. The van der Waals surface area contributed by atoms with Gasteiger partial charge < -0.3 is 20.1 Å². The topological polar surface area (TPSA) is 94.2 Å². The Kier molecular flexibility index (Phi) is 7.49. The minimum Gasteiger partial charge on any atom is -0.464 e. The molecule has 0 unspecified atom stereocenters. The van der Waals surface area contributed by atoms with E-state index in [-0.39, 0.29) is 25.2 Å². The van der Waals surface area contributed by atoms with E-state index in [1.165, 1.54) is 13.8 Å². The summed E-state index contributed by atoms with van der Waals surface area (Å²) in [5, 5.41) is 0. The predicted octanol–water partition coefficient (Wildman–Crippen LogP) is -0.641. The fraction of sp³-hybridized carbons (Fsp3) is 0.700. The Morgan fingerprint density at radius 1 is 1.12 bits per heavy atom. The number of hydrogen-bond donors (Lipinski definition) is 1. The predicted molar refractivity (Wildman–Crippen MR) is 62.4 cm³/mol. The maximum Gasteiger partial charge on any atom is 0.302 e. The highest BCUT2D eigenvalue weighted by Gasteiger charge is 2.08. The molecule has 98 valence electrons. The fourth-order valence-electron chi connectivity index (χ4n) is 1.08. The van der Waals surface area contributed by atoms with Gasteiger partial charge in [0, 0.05) is 20.9 Å². The minimum atomic E-state index is -0.350. The molecule has 0 saturated heterocycles. The number of nitrogens with zero attached hydrogens (tertiary/aromatic N) is 2. The molecule has 7 heteroatoms. The van der Waals surface area contributed by atoms with Gasteiger partial charge in [0.05, 0.1) is 13.1 Å². The van der Waals surface area contributed by atoms with E-state index >= 15 is 0 Å². The first kappa shape index (κ1) is 15.2. The summed E-state index contributed by atoms with van der Waals surface area (Å²) in [4.78, 5) is 26.7. The van der Waals surface area contributed by atoms with Crippen LogP contribution < -0.4 is 5.73 Å². The molecule has 0 bridgehead atoms. The summed E-state index contributed by atoms with van der Waals surface area (Å²) in [5.74, 6) is -0.391. The van der Waals surface area contributed by atoms with Crippen molar-refractivity contribution in [3.05, 3.63) is 0 Å². The van der Waals surface area contributed by atoms with Crippen molar-refractivity contribution in [1.82, 2.24) is 4.90 Å². The zero-order chi connectivity index (χ0) is 13.3. The number of esters is 2. The molecule has 0 aliphatic rings. The van der Waals surface area contributed by atoms with Crippen molar-refractivity contribution in [2.75, 3.05) is 33.4 Å². The third kappa shape index (κ3) is 8.06. The molecular weight excluding hydrogens is 226 g/mol. The molecule has 0 saturated carbocycles. The number of ether oxygens (including phenoxy) is 2. The first-order chi connectivity index (χ1) is 7.97. The van der Waals surface area contributed by atoms with Gasteiger partial charge in [-0.25, -0.2) is 0 Å². The van der Waals surface area contributed by atoms with E-state index < -0.39 is 0 Å². The fourth-order valence-corrected chi connectivity index (χ4v) is 1.08. The Bertz CT molecular complexity index is 271. The van der Waals surface area contributed by atoms with Gasteiger partial charge >= 0.3 is 11.9 Å². The van der Waals surface area contributed by atoms with Crippen molar-refractivity contribution in [2.24, 2.45) is 10.7 Å². The van der Waals surface area contributed by atoms with Crippen LogP contribution in [0.4, 0.5) is 0 Å². The van der Waals surface area contributed by atoms with E-state index in [1.54, 1.807) is 11.9 Å². The monoisotopic (exact) mass is 245 g/mol. The largest absolute Gasteiger partial charge is 0.464 e. The molecular formula is C10H19N3O4. The van der Waals surface area contributed by atoms with Gasteiger partial charge in [0.25, 0.3) is 0 Å². The van der Waals surface area contributed by atoms with Crippen molar-refractivity contribution in [1.29, 1.82) is 0 Å². The standard InChI is InChI=1S/C10H19N3O4/c1-8(14)16-6-4-13(10(11)12-3)5-7-17-9(2)15/h4-7H2,1-3H3,(H2,11,12). The van der Waals surface area contributed by atoms with Crippen LogP contribution in [0.3, 0.4) is 0 Å². The lowest BCUT2D eigenvalue weighted by Gasteiger charge is -2.22. The molecule has 0 heterocycles. The molecule has 0 amide bonds. The first-order valence-corrected chi connectivity index (χ1v) is 5.21. The second-order valence-corrected chi connectivity index (χ2v) is 3.25. The van der Waals surface area contributed by atoms with Gasteiger partial charge in [0.1, 0.15) is 13.2 Å². The lowest BCUT2D eigenvalue weighted by Crippen LogP contribution is -2.41. The Hall–Kier alpha value is -1.79. The third-order valence-corrected chi connectivity index (χ3v) is 1.89. The van der Waals surface area contributed by atoms with Crippen molar-refractivity contribution >= 4 is 17.9 Å². The number of guanidine groups is 1. The van der Waals surface area contributed by atoms with Crippen LogP contribution in [-0.2, 0) is 19.1 Å². The van der Waals surface area contributed by atoms with Crippen LogP contribution in [0.5, 0.6) is 0 Å². The van der Waals surface area contributed by atoms with E-state index in [0.717, 1.165) is 0 Å². The number of aliphatic imine (C=N–C) groups is 1. The van der Waals surface area contributed by atoms with E-state index in [0.29, 0.717) is 19.0 Å². The van der Waals surface area contributed by atoms with Gasteiger partial charge in [-0.3, -0.25) is 14.6 Å². The molecule has 0 rings (SSSR count). The molecule has 0 spiro atoms. The minimum absolute atomic E-state index is 0.214. The zero-order valence-electron chi connectivity index (χ0n) is 10.4. The summed E-state index contributed by atoms with van der Waals surface area (Å²) in [6, 6.07) is 0. The SMILES string of the molecule is CN=C(N)N(CCOC(C)=O)CCOC(C)=O. The summed E-state index contributed by atoms with van der Waals surface area (Å²) < 4.78 is 9.59. The summed E-state index contributed by atoms with van der Waals surface area (Å²) in [7, 11) is 1.56. The summed E-state index contributed by atoms with van der Waals surface area (Å²) >= 11 is 0. The normalized spacial score (nSPS) is 10.9. The van der Waals surface area contributed by atoms with Crippen LogP contribution in [0, 0.1) is 0 Å². The summed E-state index contributed by atoms with van der Waals surface area (Å²) in [5.41, 5.74) is 5.65. The van der Waals surface area contributed by atoms with Crippen LogP contribution in [-0.4, -0.2) is 56.1 Å². The van der Waals surface area contributed by atoms with Crippen LogP contribution in [0.2, 0.25) is 0 Å². The van der Waals surface area contributed by atoms with Crippen LogP contribution in [0.1, 0.15) is 13.8 Å². The van der Waals surface area contributed by atoms with Crippen molar-refractivity contribution < 1.29 is 19.1 Å². The Morgan fingerprint density at radius 3 is 1.82 bits per heavy atom. The van der Waals surface area contributed by atoms with Gasteiger partial charge in [-0.05, 0) is 0 Å². The van der Waals surface area contributed by atoms with Crippen LogP contribution in [0.15, 0.2) is 4.99 Å². The van der Waals surface area contributed by atoms with Gasteiger partial charge in [-0.1, -0.05) is 0 Å². The molecule has 7 nitrogen and oxygen atoms in total. The van der Waals surface area contributed by atoms with Crippen molar-refractivity contribution in [3.8, 4) is 0 Å². The molecule has 17 heavy (non-hydrogen) atoms. The molecule has 0 atom stereocenters.